The average molecular weight is 331 g/mol. The van der Waals surface area contributed by atoms with Crippen molar-refractivity contribution in [3.8, 4) is 0 Å². The number of hydrogen-bond acceptors (Lipinski definition) is 3. The number of nitrogens with zero attached hydrogens (tertiary/aromatic N) is 1. The van der Waals surface area contributed by atoms with Crippen LogP contribution in [0.25, 0.3) is 0 Å². The molecule has 0 saturated heterocycles. The Morgan fingerprint density at radius 1 is 1.13 bits per heavy atom. The Balaban J connectivity index is 1.97. The Hall–Kier alpha value is -1.72. The van der Waals surface area contributed by atoms with Gasteiger partial charge in [0.25, 0.3) is 0 Å². The Morgan fingerprint density at radius 2 is 1.78 bits per heavy atom. The molecule has 0 N–H and O–H groups in total. The summed E-state index contributed by atoms with van der Waals surface area (Å²) < 4.78 is 27.3. The highest BCUT2D eigenvalue weighted by Gasteiger charge is 2.36. The fourth-order valence-electron chi connectivity index (χ4n) is 3.29. The maximum absolute atomic E-state index is 12.9. The van der Waals surface area contributed by atoms with E-state index < -0.39 is 10.0 Å². The van der Waals surface area contributed by atoms with Crippen LogP contribution in [0, 0.1) is 12.8 Å². The van der Waals surface area contributed by atoms with Crippen LogP contribution in [-0.2, 0) is 14.8 Å². The zero-order valence-electron chi connectivity index (χ0n) is 13.7. The van der Waals surface area contributed by atoms with Crippen molar-refractivity contribution in [2.24, 2.45) is 5.92 Å². The van der Waals surface area contributed by atoms with Gasteiger partial charge in [-0.1, -0.05) is 30.7 Å². The number of fused-ring (bicyclic) bond motifs is 1. The smallest absolute Gasteiger partial charge is 0.243 e. The molecule has 5 heteroatoms. The van der Waals surface area contributed by atoms with E-state index in [1.165, 1.54) is 4.31 Å². The first-order valence-corrected chi connectivity index (χ1v) is 9.27. The van der Waals surface area contributed by atoms with Crippen molar-refractivity contribution < 1.29 is 13.2 Å². The Bertz CT molecular complexity index is 816. The van der Waals surface area contributed by atoms with E-state index in [0.717, 1.165) is 16.7 Å². The summed E-state index contributed by atoms with van der Waals surface area (Å²) in [5, 5.41) is 0. The minimum absolute atomic E-state index is 0.112. The van der Waals surface area contributed by atoms with Crippen LogP contribution in [-0.4, -0.2) is 31.6 Å². The van der Waals surface area contributed by atoms with Crippen LogP contribution in [0.3, 0.4) is 0 Å². The van der Waals surface area contributed by atoms with Gasteiger partial charge in [-0.2, -0.15) is 4.31 Å². The number of ketones is 1. The van der Waals surface area contributed by atoms with Crippen molar-refractivity contribution in [1.29, 1.82) is 0 Å². The molecule has 0 spiro atoms. The monoisotopic (exact) mass is 331 g/mol. The van der Waals surface area contributed by atoms with Gasteiger partial charge in [-0.3, -0.25) is 4.79 Å². The molecular formula is C18H21NO3S. The summed E-state index contributed by atoms with van der Waals surface area (Å²) >= 11 is 0. The molecule has 1 aliphatic carbocycles. The van der Waals surface area contributed by atoms with E-state index >= 15 is 0 Å². The van der Waals surface area contributed by atoms with Crippen molar-refractivity contribution in [3.05, 3.63) is 52.6 Å². The number of hydrogen-bond donors (Lipinski definition) is 0. The maximum Gasteiger partial charge on any atom is 0.243 e. The third-order valence-electron chi connectivity index (χ3n) is 4.77. The number of carbonyl (C=O) groups is 1. The standard InChI is InChI=1S/C18H21NO3S/c1-12-6-8-15(9-7-12)23(21,22)19-10-4-5-16-13(2)18(20)14(3)17(16)11-19/h5-9,13H,4,10-11H2,1-3H3/t13-/m1/s1. The average Bonchev–Trinajstić information content (AvgIpc) is 2.71. The van der Waals surface area contributed by atoms with Gasteiger partial charge in [0.1, 0.15) is 0 Å². The zero-order chi connectivity index (χ0) is 16.8. The summed E-state index contributed by atoms with van der Waals surface area (Å²) in [6.45, 7) is 6.35. The van der Waals surface area contributed by atoms with Gasteiger partial charge >= 0.3 is 0 Å². The second-order valence-electron chi connectivity index (χ2n) is 6.29. The van der Waals surface area contributed by atoms with Gasteiger partial charge in [0, 0.05) is 19.0 Å². The van der Waals surface area contributed by atoms with E-state index in [1.54, 1.807) is 31.2 Å². The lowest BCUT2D eigenvalue weighted by Crippen LogP contribution is -2.33. The lowest BCUT2D eigenvalue weighted by Gasteiger charge is -2.21. The molecule has 2 aliphatic rings. The van der Waals surface area contributed by atoms with Gasteiger partial charge in [-0.05, 0) is 49.1 Å². The molecule has 0 unspecified atom stereocenters. The molecule has 3 rings (SSSR count). The Morgan fingerprint density at radius 3 is 2.43 bits per heavy atom. The van der Waals surface area contributed by atoms with E-state index in [0.29, 0.717) is 23.4 Å². The fourth-order valence-corrected chi connectivity index (χ4v) is 4.71. The second-order valence-corrected chi connectivity index (χ2v) is 8.23. The van der Waals surface area contributed by atoms with Crippen LogP contribution in [0.2, 0.25) is 0 Å². The molecule has 122 valence electrons. The van der Waals surface area contributed by atoms with Gasteiger partial charge in [-0.15, -0.1) is 0 Å². The van der Waals surface area contributed by atoms with Crippen molar-refractivity contribution in [2.75, 3.05) is 13.1 Å². The lowest BCUT2D eigenvalue weighted by molar-refractivity contribution is -0.117. The number of sulfonamides is 1. The molecule has 1 aliphatic heterocycles. The van der Waals surface area contributed by atoms with Gasteiger partial charge in [0.2, 0.25) is 10.0 Å². The quantitative estimate of drug-likeness (QED) is 0.837. The zero-order valence-corrected chi connectivity index (χ0v) is 14.5. The number of carbonyl (C=O) groups excluding carboxylic acids is 1. The van der Waals surface area contributed by atoms with Crippen molar-refractivity contribution in [1.82, 2.24) is 4.31 Å². The molecule has 0 fully saturated rings. The van der Waals surface area contributed by atoms with Crippen molar-refractivity contribution in [3.63, 3.8) is 0 Å². The van der Waals surface area contributed by atoms with Crippen LogP contribution in [0.15, 0.2) is 52.0 Å². The van der Waals surface area contributed by atoms with Gasteiger partial charge in [0.05, 0.1) is 4.90 Å². The van der Waals surface area contributed by atoms with E-state index in [1.807, 2.05) is 19.9 Å². The highest BCUT2D eigenvalue weighted by Crippen LogP contribution is 2.36. The van der Waals surface area contributed by atoms with Crippen LogP contribution >= 0.6 is 0 Å². The number of benzene rings is 1. The normalized spacial score (nSPS) is 22.8. The largest absolute Gasteiger partial charge is 0.294 e. The first kappa shape index (κ1) is 16.1. The summed E-state index contributed by atoms with van der Waals surface area (Å²) in [5.74, 6) is -0.0344. The second kappa shape index (κ2) is 5.73. The predicted molar refractivity (Wildman–Crippen MR) is 89.5 cm³/mol. The number of Topliss-reactive ketones (excluding diaryl/α,β-unsaturated/α-hetero) is 1. The molecule has 23 heavy (non-hydrogen) atoms. The van der Waals surface area contributed by atoms with Crippen LogP contribution < -0.4 is 0 Å². The van der Waals surface area contributed by atoms with Gasteiger partial charge in [-0.25, -0.2) is 8.42 Å². The molecule has 1 atom stereocenters. The summed E-state index contributed by atoms with van der Waals surface area (Å²) in [5.41, 5.74) is 3.62. The molecule has 0 bridgehead atoms. The fraction of sp³-hybridized carbons (Fsp3) is 0.389. The summed E-state index contributed by atoms with van der Waals surface area (Å²) in [7, 11) is -3.54. The SMILES string of the molecule is CC1=C2CN(S(=O)(=O)c3ccc(C)cc3)CCC=C2[C@@H](C)C1=O. The lowest BCUT2D eigenvalue weighted by atomic mass is 9.99. The van der Waals surface area contributed by atoms with E-state index in [4.69, 9.17) is 0 Å². The third-order valence-corrected chi connectivity index (χ3v) is 6.63. The summed E-state index contributed by atoms with van der Waals surface area (Å²) in [6.07, 6.45) is 2.66. The van der Waals surface area contributed by atoms with Crippen molar-refractivity contribution >= 4 is 15.8 Å². The molecule has 1 heterocycles. The van der Waals surface area contributed by atoms with Gasteiger partial charge in [0.15, 0.2) is 5.78 Å². The van der Waals surface area contributed by atoms with E-state index in [2.05, 4.69) is 0 Å². The highest BCUT2D eigenvalue weighted by atomic mass is 32.2. The minimum Gasteiger partial charge on any atom is -0.294 e. The van der Waals surface area contributed by atoms with Crippen LogP contribution in [0.5, 0.6) is 0 Å². The number of rotatable bonds is 2. The first-order valence-electron chi connectivity index (χ1n) is 7.83. The van der Waals surface area contributed by atoms with E-state index in [9.17, 15) is 13.2 Å². The first-order chi connectivity index (χ1) is 10.8. The molecule has 1 aromatic rings. The maximum atomic E-state index is 12.9. The number of aryl methyl sites for hydroxylation is 1. The highest BCUT2D eigenvalue weighted by molar-refractivity contribution is 7.89. The molecular weight excluding hydrogens is 310 g/mol. The third kappa shape index (κ3) is 2.68. The van der Waals surface area contributed by atoms with Crippen LogP contribution in [0.4, 0.5) is 0 Å². The molecule has 0 saturated carbocycles. The molecule has 0 radical (unpaired) electrons. The minimum atomic E-state index is -3.54. The Kier molecular flexibility index (Phi) is 4.02. The topological polar surface area (TPSA) is 54.5 Å². The van der Waals surface area contributed by atoms with E-state index in [-0.39, 0.29) is 18.2 Å². The van der Waals surface area contributed by atoms with Crippen molar-refractivity contribution in [2.45, 2.75) is 32.1 Å². The number of allylic oxidation sites excluding steroid dienone is 1. The molecule has 0 amide bonds. The molecule has 0 aromatic heterocycles. The van der Waals surface area contributed by atoms with Crippen LogP contribution in [0.1, 0.15) is 25.8 Å². The predicted octanol–water partition coefficient (Wildman–Crippen LogP) is 2.85. The summed E-state index contributed by atoms with van der Waals surface area (Å²) in [6, 6.07) is 6.90. The van der Waals surface area contributed by atoms with Gasteiger partial charge < -0.3 is 0 Å². The molecule has 1 aromatic carbocycles. The Labute approximate surface area is 137 Å². The molecule has 4 nitrogen and oxygen atoms in total. The summed E-state index contributed by atoms with van der Waals surface area (Å²) in [4.78, 5) is 12.5.